The van der Waals surface area contributed by atoms with Crippen LogP contribution in [0, 0.1) is 5.82 Å². The van der Waals surface area contributed by atoms with Crippen LogP contribution in [0.3, 0.4) is 0 Å². The number of carbonyl (C=O) groups is 1. The van der Waals surface area contributed by atoms with Gasteiger partial charge in [-0.1, -0.05) is 36.4 Å². The molecule has 0 spiro atoms. The van der Waals surface area contributed by atoms with Gasteiger partial charge in [-0.25, -0.2) is 9.82 Å². The highest BCUT2D eigenvalue weighted by atomic mass is 19.1. The molecule has 1 fully saturated rings. The third kappa shape index (κ3) is 5.37. The molecule has 1 aliphatic rings. The van der Waals surface area contributed by atoms with E-state index in [1.165, 1.54) is 11.8 Å². The quantitative estimate of drug-likeness (QED) is 0.630. The molecule has 27 heavy (non-hydrogen) atoms. The summed E-state index contributed by atoms with van der Waals surface area (Å²) >= 11 is 0. The molecule has 1 saturated heterocycles. The third-order valence-electron chi connectivity index (χ3n) is 4.76. The molecule has 0 radical (unpaired) electrons. The average Bonchev–Trinajstić information content (AvgIpc) is 2.72. The minimum atomic E-state index is -0.343. The van der Waals surface area contributed by atoms with Crippen LogP contribution in [0.2, 0.25) is 0 Å². The lowest BCUT2D eigenvalue weighted by atomic mass is 10.1. The third-order valence-corrected chi connectivity index (χ3v) is 4.76. The van der Waals surface area contributed by atoms with Gasteiger partial charge in [-0.2, -0.15) is 5.10 Å². The Labute approximate surface area is 159 Å². The highest BCUT2D eigenvalue weighted by Crippen LogP contribution is 2.15. The summed E-state index contributed by atoms with van der Waals surface area (Å²) in [5.74, 6) is -0.500. The molecule has 0 aromatic heterocycles. The predicted octanol–water partition coefficient (Wildman–Crippen LogP) is 2.88. The van der Waals surface area contributed by atoms with Gasteiger partial charge >= 0.3 is 0 Å². The number of benzene rings is 2. The maximum absolute atomic E-state index is 13.7. The summed E-state index contributed by atoms with van der Waals surface area (Å²) < 4.78 is 13.7. The Morgan fingerprint density at radius 2 is 1.70 bits per heavy atom. The van der Waals surface area contributed by atoms with E-state index >= 15 is 0 Å². The van der Waals surface area contributed by atoms with Gasteiger partial charge in [0.05, 0.1) is 5.71 Å². The minimum absolute atomic E-state index is 0.156. The Morgan fingerprint density at radius 1 is 1.04 bits per heavy atom. The van der Waals surface area contributed by atoms with Crippen molar-refractivity contribution in [3.8, 4) is 0 Å². The van der Waals surface area contributed by atoms with Crippen LogP contribution in [-0.4, -0.2) is 49.2 Å². The number of amides is 1. The fraction of sp³-hybridized carbons (Fsp3) is 0.333. The smallest absolute Gasteiger partial charge is 0.241 e. The van der Waals surface area contributed by atoms with E-state index in [-0.39, 0.29) is 11.7 Å². The predicted molar refractivity (Wildman–Crippen MR) is 106 cm³/mol. The number of hydrogen-bond donors (Lipinski definition) is 1. The van der Waals surface area contributed by atoms with Crippen molar-refractivity contribution in [2.45, 2.75) is 13.3 Å². The molecular formula is C21H25FN4O. The number of piperazine rings is 1. The first-order valence-electron chi connectivity index (χ1n) is 9.24. The number of nitrogens with one attached hydrogen (secondary N) is 1. The topological polar surface area (TPSA) is 47.9 Å². The second-order valence-electron chi connectivity index (χ2n) is 6.63. The van der Waals surface area contributed by atoms with E-state index in [9.17, 15) is 9.18 Å². The molecule has 1 aliphatic heterocycles. The van der Waals surface area contributed by atoms with E-state index in [4.69, 9.17) is 0 Å². The highest BCUT2D eigenvalue weighted by Gasteiger charge is 2.17. The number of para-hydroxylation sites is 1. The SMILES string of the molecule is C/C(=N\NC(=O)CCN1CCN(c2ccccc2)CC1)c1ccccc1F. The van der Waals surface area contributed by atoms with Gasteiger partial charge in [0.1, 0.15) is 5.82 Å². The van der Waals surface area contributed by atoms with Crippen LogP contribution in [0.5, 0.6) is 0 Å². The molecule has 0 unspecified atom stereocenters. The number of nitrogens with zero attached hydrogens (tertiary/aromatic N) is 3. The Morgan fingerprint density at radius 3 is 2.41 bits per heavy atom. The zero-order valence-electron chi connectivity index (χ0n) is 15.6. The van der Waals surface area contributed by atoms with Crippen molar-refractivity contribution in [3.63, 3.8) is 0 Å². The van der Waals surface area contributed by atoms with Crippen molar-refractivity contribution < 1.29 is 9.18 Å². The van der Waals surface area contributed by atoms with Gasteiger partial charge in [0, 0.05) is 50.4 Å². The molecule has 2 aromatic carbocycles. The largest absolute Gasteiger partial charge is 0.369 e. The van der Waals surface area contributed by atoms with Gasteiger partial charge in [-0.15, -0.1) is 0 Å². The summed E-state index contributed by atoms with van der Waals surface area (Å²) in [6.07, 6.45) is 0.374. The Kier molecular flexibility index (Phi) is 6.54. The number of halogens is 1. The lowest BCUT2D eigenvalue weighted by Crippen LogP contribution is -2.47. The highest BCUT2D eigenvalue weighted by molar-refractivity contribution is 5.99. The molecule has 0 aliphatic carbocycles. The summed E-state index contributed by atoms with van der Waals surface area (Å²) in [6.45, 7) is 6.15. The minimum Gasteiger partial charge on any atom is -0.369 e. The second kappa shape index (κ2) is 9.28. The maximum Gasteiger partial charge on any atom is 0.241 e. The van der Waals surface area contributed by atoms with Gasteiger partial charge in [-0.05, 0) is 25.1 Å². The molecule has 142 valence electrons. The van der Waals surface area contributed by atoms with Crippen molar-refractivity contribution >= 4 is 17.3 Å². The monoisotopic (exact) mass is 368 g/mol. The molecule has 0 bridgehead atoms. The molecule has 1 N–H and O–H groups in total. The average molecular weight is 368 g/mol. The van der Waals surface area contributed by atoms with E-state index in [1.54, 1.807) is 25.1 Å². The van der Waals surface area contributed by atoms with Crippen LogP contribution >= 0.6 is 0 Å². The van der Waals surface area contributed by atoms with Gasteiger partial charge in [-0.3, -0.25) is 9.69 Å². The molecule has 2 aromatic rings. The van der Waals surface area contributed by atoms with E-state index in [1.807, 2.05) is 6.07 Å². The Hall–Kier alpha value is -2.73. The number of hydrogen-bond acceptors (Lipinski definition) is 4. The summed E-state index contributed by atoms with van der Waals surface area (Å²) in [7, 11) is 0. The molecule has 3 rings (SSSR count). The molecule has 1 amide bonds. The van der Waals surface area contributed by atoms with Crippen molar-refractivity contribution in [1.82, 2.24) is 10.3 Å². The van der Waals surface area contributed by atoms with Gasteiger partial charge in [0.2, 0.25) is 5.91 Å². The van der Waals surface area contributed by atoms with Crippen molar-refractivity contribution in [1.29, 1.82) is 0 Å². The van der Waals surface area contributed by atoms with E-state index in [2.05, 4.69) is 44.6 Å². The first-order valence-corrected chi connectivity index (χ1v) is 9.24. The van der Waals surface area contributed by atoms with Gasteiger partial charge in [0.15, 0.2) is 0 Å². The summed E-state index contributed by atoms with van der Waals surface area (Å²) in [5, 5.41) is 4.02. The number of rotatable bonds is 6. The normalized spacial score (nSPS) is 15.6. The Bertz CT molecular complexity index is 786. The molecule has 0 saturated carbocycles. The van der Waals surface area contributed by atoms with Crippen LogP contribution in [0.1, 0.15) is 18.9 Å². The van der Waals surface area contributed by atoms with Crippen LogP contribution < -0.4 is 10.3 Å². The van der Waals surface area contributed by atoms with Crippen LogP contribution in [0.15, 0.2) is 59.7 Å². The molecule has 5 nitrogen and oxygen atoms in total. The second-order valence-corrected chi connectivity index (χ2v) is 6.63. The van der Waals surface area contributed by atoms with Crippen molar-refractivity contribution in [2.75, 3.05) is 37.6 Å². The molecule has 0 atom stereocenters. The van der Waals surface area contributed by atoms with E-state index < -0.39 is 0 Å². The van der Waals surface area contributed by atoms with Crippen LogP contribution in [0.4, 0.5) is 10.1 Å². The first-order chi connectivity index (χ1) is 13.1. The zero-order chi connectivity index (χ0) is 19.1. The maximum atomic E-state index is 13.7. The lowest BCUT2D eigenvalue weighted by Gasteiger charge is -2.36. The van der Waals surface area contributed by atoms with Crippen LogP contribution in [-0.2, 0) is 4.79 Å². The summed E-state index contributed by atoms with van der Waals surface area (Å²) in [4.78, 5) is 16.7. The molecule has 6 heteroatoms. The summed E-state index contributed by atoms with van der Waals surface area (Å²) in [6, 6.07) is 16.8. The van der Waals surface area contributed by atoms with Gasteiger partial charge < -0.3 is 4.90 Å². The lowest BCUT2D eigenvalue weighted by molar-refractivity contribution is -0.121. The molecular weight excluding hydrogens is 343 g/mol. The van der Waals surface area contributed by atoms with E-state index in [0.29, 0.717) is 24.2 Å². The summed E-state index contributed by atoms with van der Waals surface area (Å²) in [5.41, 5.74) is 4.63. The zero-order valence-corrected chi connectivity index (χ0v) is 15.6. The van der Waals surface area contributed by atoms with E-state index in [0.717, 1.165) is 26.2 Å². The van der Waals surface area contributed by atoms with Gasteiger partial charge in [0.25, 0.3) is 0 Å². The standard InChI is InChI=1S/C21H25FN4O/c1-17(19-9-5-6-10-20(19)22)23-24-21(27)11-12-25-13-15-26(16-14-25)18-7-3-2-4-8-18/h2-10H,11-16H2,1H3,(H,24,27)/b23-17+. The fourth-order valence-electron chi connectivity index (χ4n) is 3.15. The van der Waals surface area contributed by atoms with Crippen LogP contribution in [0.25, 0.3) is 0 Å². The fourth-order valence-corrected chi connectivity index (χ4v) is 3.15. The number of hydrazone groups is 1. The Balaban J connectivity index is 1.41. The number of carbonyl (C=O) groups excluding carboxylic acids is 1. The number of anilines is 1. The first kappa shape index (κ1) is 19.0. The molecule has 1 heterocycles. The van der Waals surface area contributed by atoms with Crippen molar-refractivity contribution in [3.05, 3.63) is 66.0 Å². The van der Waals surface area contributed by atoms with Crippen molar-refractivity contribution in [2.24, 2.45) is 5.10 Å².